The van der Waals surface area contributed by atoms with Gasteiger partial charge >= 0.3 is 0 Å². The number of rotatable bonds is 3. The van der Waals surface area contributed by atoms with Gasteiger partial charge in [0.15, 0.2) is 0 Å². The first kappa shape index (κ1) is 24.9. The van der Waals surface area contributed by atoms with Crippen LogP contribution in [0, 0.1) is 37.4 Å². The molecule has 0 N–H and O–H groups in total. The average Bonchev–Trinajstić information content (AvgIpc) is 2.82. The maximum atomic E-state index is 14.4. The van der Waals surface area contributed by atoms with E-state index < -0.39 is 6.04 Å². The van der Waals surface area contributed by atoms with Crippen molar-refractivity contribution in [2.24, 2.45) is 17.8 Å². The number of carbonyl (C=O) groups excluding carboxylic acids is 2. The third kappa shape index (κ3) is 4.80. The number of amides is 2. The molecular formula is C30H38FN3O2. The van der Waals surface area contributed by atoms with Crippen molar-refractivity contribution in [1.82, 2.24) is 14.7 Å². The SMILES string of the molecule is Cc1cc(C)cc(CN2C[C@H](C)CCN3C(=O)C4CN(C)CCC4C(c4ccc(F)cc4)C3C2=O)c1. The number of aryl methyl sites for hydroxylation is 2. The minimum atomic E-state index is -0.550. The van der Waals surface area contributed by atoms with Gasteiger partial charge in [0, 0.05) is 32.1 Å². The molecule has 0 spiro atoms. The zero-order valence-corrected chi connectivity index (χ0v) is 21.9. The zero-order chi connectivity index (χ0) is 25.6. The van der Waals surface area contributed by atoms with Gasteiger partial charge in [-0.1, -0.05) is 48.4 Å². The van der Waals surface area contributed by atoms with Gasteiger partial charge in [0.1, 0.15) is 11.9 Å². The van der Waals surface area contributed by atoms with Crippen LogP contribution in [-0.2, 0) is 16.1 Å². The molecule has 3 fully saturated rings. The number of nitrogens with zero attached hydrogens (tertiary/aromatic N) is 3. The van der Waals surface area contributed by atoms with E-state index in [1.807, 2.05) is 21.9 Å². The lowest BCUT2D eigenvalue weighted by molar-refractivity contribution is -0.162. The van der Waals surface area contributed by atoms with Gasteiger partial charge < -0.3 is 14.7 Å². The maximum absolute atomic E-state index is 14.4. The summed E-state index contributed by atoms with van der Waals surface area (Å²) in [6, 6.07) is 12.5. The van der Waals surface area contributed by atoms with Crippen LogP contribution in [0.15, 0.2) is 42.5 Å². The summed E-state index contributed by atoms with van der Waals surface area (Å²) in [6.07, 6.45) is 1.72. The van der Waals surface area contributed by atoms with Crippen LogP contribution in [0.5, 0.6) is 0 Å². The van der Waals surface area contributed by atoms with Gasteiger partial charge in [-0.3, -0.25) is 9.59 Å². The fourth-order valence-electron chi connectivity index (χ4n) is 6.88. The molecule has 6 heteroatoms. The highest BCUT2D eigenvalue weighted by Crippen LogP contribution is 2.46. The number of carbonyl (C=O) groups is 2. The molecule has 36 heavy (non-hydrogen) atoms. The average molecular weight is 492 g/mol. The van der Waals surface area contributed by atoms with Crippen molar-refractivity contribution in [3.8, 4) is 0 Å². The number of fused-ring (bicyclic) bond motifs is 2. The number of piperidine rings is 2. The minimum Gasteiger partial charge on any atom is -0.336 e. The first-order valence-corrected chi connectivity index (χ1v) is 13.3. The molecule has 0 aliphatic carbocycles. The second kappa shape index (κ2) is 9.97. The highest BCUT2D eigenvalue weighted by atomic mass is 19.1. The third-order valence-corrected chi connectivity index (χ3v) is 8.48. The van der Waals surface area contributed by atoms with E-state index in [1.54, 1.807) is 0 Å². The molecule has 2 amide bonds. The van der Waals surface area contributed by atoms with Crippen LogP contribution in [-0.4, -0.2) is 65.8 Å². The maximum Gasteiger partial charge on any atom is 0.246 e. The second-order valence-electron chi connectivity index (χ2n) is 11.5. The molecular weight excluding hydrogens is 453 g/mol. The number of hydrogen-bond donors (Lipinski definition) is 0. The van der Waals surface area contributed by atoms with E-state index in [-0.39, 0.29) is 35.4 Å². The van der Waals surface area contributed by atoms with Crippen LogP contribution >= 0.6 is 0 Å². The topological polar surface area (TPSA) is 43.9 Å². The van der Waals surface area contributed by atoms with Gasteiger partial charge in [-0.2, -0.15) is 0 Å². The van der Waals surface area contributed by atoms with E-state index in [0.717, 1.165) is 30.5 Å². The Morgan fingerprint density at radius 2 is 1.61 bits per heavy atom. The van der Waals surface area contributed by atoms with E-state index in [4.69, 9.17) is 0 Å². The Kier molecular flexibility index (Phi) is 6.90. The highest BCUT2D eigenvalue weighted by molar-refractivity contribution is 5.91. The Labute approximate surface area is 214 Å². The van der Waals surface area contributed by atoms with Crippen molar-refractivity contribution in [1.29, 1.82) is 0 Å². The van der Waals surface area contributed by atoms with Crippen LogP contribution in [0.3, 0.4) is 0 Å². The summed E-state index contributed by atoms with van der Waals surface area (Å²) in [7, 11) is 2.06. The molecule has 0 saturated carbocycles. The fourth-order valence-corrected chi connectivity index (χ4v) is 6.88. The Morgan fingerprint density at radius 1 is 0.917 bits per heavy atom. The molecule has 3 aliphatic heterocycles. The molecule has 2 aromatic carbocycles. The summed E-state index contributed by atoms with van der Waals surface area (Å²) >= 11 is 0. The standard InChI is InChI=1S/C30H38FN3O2/c1-19-9-12-34-28(30(36)33(16-19)17-22-14-20(2)13-21(3)15-22)27(23-5-7-24(31)8-6-23)25-10-11-32(4)18-26(25)29(34)35/h5-8,13-15,19,25-28H,9-12,16-18H2,1-4H3/t19-,25?,26?,27?,28?/m1/s1. The molecule has 5 nitrogen and oxygen atoms in total. The predicted molar refractivity (Wildman–Crippen MR) is 139 cm³/mol. The Balaban J connectivity index is 1.57. The molecule has 0 bridgehead atoms. The second-order valence-corrected chi connectivity index (χ2v) is 11.5. The largest absolute Gasteiger partial charge is 0.336 e. The van der Waals surface area contributed by atoms with Crippen molar-refractivity contribution in [3.05, 3.63) is 70.5 Å². The monoisotopic (exact) mass is 491 g/mol. The summed E-state index contributed by atoms with van der Waals surface area (Å²) < 4.78 is 13.9. The normalized spacial score (nSPS) is 29.4. The summed E-state index contributed by atoms with van der Waals surface area (Å²) in [4.78, 5) is 34.4. The van der Waals surface area contributed by atoms with E-state index in [9.17, 15) is 14.0 Å². The van der Waals surface area contributed by atoms with Gasteiger partial charge in [-0.25, -0.2) is 4.39 Å². The molecule has 0 aromatic heterocycles. The van der Waals surface area contributed by atoms with Crippen LogP contribution in [0.2, 0.25) is 0 Å². The first-order valence-electron chi connectivity index (χ1n) is 13.3. The molecule has 192 valence electrons. The molecule has 5 atom stereocenters. The summed E-state index contributed by atoms with van der Waals surface area (Å²) in [5.74, 6) is -0.0369. The van der Waals surface area contributed by atoms with Gasteiger partial charge in [0.2, 0.25) is 11.8 Å². The Hall–Kier alpha value is -2.73. The molecule has 3 aliphatic rings. The van der Waals surface area contributed by atoms with E-state index in [0.29, 0.717) is 32.1 Å². The van der Waals surface area contributed by atoms with E-state index in [1.165, 1.54) is 23.3 Å². The Morgan fingerprint density at radius 3 is 2.31 bits per heavy atom. The molecule has 3 saturated heterocycles. The highest BCUT2D eigenvalue weighted by Gasteiger charge is 2.54. The molecule has 3 heterocycles. The number of hydrogen-bond acceptors (Lipinski definition) is 3. The van der Waals surface area contributed by atoms with Crippen molar-refractivity contribution in [2.75, 3.05) is 33.2 Å². The van der Waals surface area contributed by atoms with Gasteiger partial charge in [0.25, 0.3) is 0 Å². The third-order valence-electron chi connectivity index (χ3n) is 8.48. The van der Waals surface area contributed by atoms with Gasteiger partial charge in [-0.05, 0) is 75.4 Å². The van der Waals surface area contributed by atoms with Crippen LogP contribution in [0.1, 0.15) is 47.9 Å². The fraction of sp³-hybridized carbons (Fsp3) is 0.533. The van der Waals surface area contributed by atoms with Gasteiger partial charge in [-0.15, -0.1) is 0 Å². The molecule has 0 radical (unpaired) electrons. The van der Waals surface area contributed by atoms with E-state index in [2.05, 4.69) is 50.9 Å². The lowest BCUT2D eigenvalue weighted by atomic mass is 9.66. The van der Waals surface area contributed by atoms with Crippen LogP contribution in [0.4, 0.5) is 4.39 Å². The summed E-state index contributed by atoms with van der Waals surface area (Å²) in [5, 5.41) is 0. The zero-order valence-electron chi connectivity index (χ0n) is 21.9. The quantitative estimate of drug-likeness (QED) is 0.640. The lowest BCUT2D eigenvalue weighted by Crippen LogP contribution is -2.65. The van der Waals surface area contributed by atoms with E-state index >= 15 is 0 Å². The van der Waals surface area contributed by atoms with Gasteiger partial charge in [0.05, 0.1) is 5.92 Å². The van der Waals surface area contributed by atoms with Crippen LogP contribution in [0.25, 0.3) is 0 Å². The molecule has 2 aromatic rings. The van der Waals surface area contributed by atoms with Crippen molar-refractivity contribution < 1.29 is 14.0 Å². The minimum absolute atomic E-state index is 0.0285. The number of likely N-dealkylation sites (tertiary alicyclic amines) is 1. The molecule has 5 rings (SSSR count). The first-order chi connectivity index (χ1) is 17.2. The predicted octanol–water partition coefficient (Wildman–Crippen LogP) is 4.37. The number of benzene rings is 2. The van der Waals surface area contributed by atoms with Crippen LogP contribution < -0.4 is 0 Å². The van der Waals surface area contributed by atoms with Crippen molar-refractivity contribution in [2.45, 2.75) is 52.1 Å². The smallest absolute Gasteiger partial charge is 0.246 e. The lowest BCUT2D eigenvalue weighted by Gasteiger charge is -2.53. The molecule has 4 unspecified atom stereocenters. The van der Waals surface area contributed by atoms with Crippen molar-refractivity contribution in [3.63, 3.8) is 0 Å². The Bertz CT molecular complexity index is 1110. The number of halogens is 1. The summed E-state index contributed by atoms with van der Waals surface area (Å²) in [6.45, 7) is 9.76. The van der Waals surface area contributed by atoms with Crippen molar-refractivity contribution >= 4 is 11.8 Å². The summed E-state index contributed by atoms with van der Waals surface area (Å²) in [5.41, 5.74) is 4.46.